The average Bonchev–Trinajstić information content (AvgIpc) is 3.99. The highest BCUT2D eigenvalue weighted by atomic mass is 32.1. The van der Waals surface area contributed by atoms with Crippen LogP contribution >= 0.6 is 11.3 Å². The standard InChI is InChI=1S/C61H39NS/c1-2-17-40(18-3-1)46-23-7-12-32-57(46)62(45-22-15-20-43(38-45)47-28-16-34-59-60(47)51-27-8-13-33-58(51)63-59)44-21-14-19-41(37-44)42-35-36-56-52(39-42)50-26-6-11-31-55(50)61(56)53-29-9-4-24-48(53)49-25-5-10-30-54(49)61/h1-39H. The zero-order valence-corrected chi connectivity index (χ0v) is 35.2. The van der Waals surface area contributed by atoms with E-state index < -0.39 is 0 Å². The number of para-hydroxylation sites is 1. The van der Waals surface area contributed by atoms with Crippen LogP contribution in [-0.4, -0.2) is 0 Å². The molecule has 13 rings (SSSR count). The van der Waals surface area contributed by atoms with Gasteiger partial charge in [-0.1, -0.05) is 188 Å². The fourth-order valence-corrected chi connectivity index (χ4v) is 12.0. The number of hydrogen-bond donors (Lipinski definition) is 0. The van der Waals surface area contributed by atoms with E-state index in [1.54, 1.807) is 0 Å². The molecular formula is C61H39NS. The first-order valence-corrected chi connectivity index (χ1v) is 22.6. The lowest BCUT2D eigenvalue weighted by atomic mass is 9.70. The molecule has 0 amide bonds. The Morgan fingerprint density at radius 2 is 0.794 bits per heavy atom. The van der Waals surface area contributed by atoms with Gasteiger partial charge in [0.05, 0.1) is 11.1 Å². The van der Waals surface area contributed by atoms with Gasteiger partial charge in [-0.2, -0.15) is 0 Å². The molecule has 1 aromatic heterocycles. The van der Waals surface area contributed by atoms with Crippen molar-refractivity contribution in [2.45, 2.75) is 5.41 Å². The van der Waals surface area contributed by atoms with Crippen LogP contribution in [0.4, 0.5) is 17.1 Å². The quantitative estimate of drug-likeness (QED) is 0.162. The Balaban J connectivity index is 0.988. The predicted molar refractivity (Wildman–Crippen MR) is 267 cm³/mol. The summed E-state index contributed by atoms with van der Waals surface area (Å²) in [7, 11) is 0. The summed E-state index contributed by atoms with van der Waals surface area (Å²) in [5.74, 6) is 0. The maximum Gasteiger partial charge on any atom is 0.0725 e. The zero-order valence-electron chi connectivity index (χ0n) is 34.4. The lowest BCUT2D eigenvalue weighted by molar-refractivity contribution is 0.794. The van der Waals surface area contributed by atoms with Gasteiger partial charge in [0.2, 0.25) is 0 Å². The van der Waals surface area contributed by atoms with Crippen LogP contribution in [0.3, 0.4) is 0 Å². The number of rotatable bonds is 6. The molecule has 2 heteroatoms. The van der Waals surface area contributed by atoms with Crippen molar-refractivity contribution >= 4 is 48.6 Å². The van der Waals surface area contributed by atoms with Gasteiger partial charge in [-0.15, -0.1) is 11.3 Å². The van der Waals surface area contributed by atoms with Gasteiger partial charge in [0, 0.05) is 37.1 Å². The average molecular weight is 818 g/mol. The van der Waals surface area contributed by atoms with E-state index >= 15 is 0 Å². The number of fused-ring (bicyclic) bond motifs is 13. The molecule has 2 aliphatic rings. The number of thiophene rings is 1. The molecule has 0 N–H and O–H groups in total. The molecule has 1 spiro atoms. The highest BCUT2D eigenvalue weighted by molar-refractivity contribution is 7.25. The van der Waals surface area contributed by atoms with Crippen molar-refractivity contribution in [1.29, 1.82) is 0 Å². The van der Waals surface area contributed by atoms with Crippen LogP contribution < -0.4 is 4.90 Å². The van der Waals surface area contributed by atoms with Gasteiger partial charge >= 0.3 is 0 Å². The lowest BCUT2D eigenvalue weighted by Crippen LogP contribution is -2.25. The van der Waals surface area contributed by atoms with Gasteiger partial charge in [0.1, 0.15) is 0 Å². The number of hydrogen-bond acceptors (Lipinski definition) is 2. The molecule has 0 unspecified atom stereocenters. The summed E-state index contributed by atoms with van der Waals surface area (Å²) >= 11 is 1.87. The molecule has 2 aliphatic carbocycles. The van der Waals surface area contributed by atoms with E-state index in [4.69, 9.17) is 0 Å². The van der Waals surface area contributed by atoms with Crippen LogP contribution in [0, 0.1) is 0 Å². The Morgan fingerprint density at radius 1 is 0.302 bits per heavy atom. The molecule has 294 valence electrons. The highest BCUT2D eigenvalue weighted by Crippen LogP contribution is 2.63. The van der Waals surface area contributed by atoms with Crippen molar-refractivity contribution in [2.24, 2.45) is 0 Å². The molecule has 0 fully saturated rings. The summed E-state index contributed by atoms with van der Waals surface area (Å²) in [5.41, 5.74) is 20.9. The predicted octanol–water partition coefficient (Wildman–Crippen LogP) is 16.9. The van der Waals surface area contributed by atoms with E-state index in [0.717, 1.165) is 17.1 Å². The van der Waals surface area contributed by atoms with E-state index in [1.165, 1.54) is 98.1 Å². The molecular weight excluding hydrogens is 779 g/mol. The minimum Gasteiger partial charge on any atom is -0.310 e. The van der Waals surface area contributed by atoms with Gasteiger partial charge in [-0.05, 0) is 121 Å². The molecule has 0 saturated carbocycles. The smallest absolute Gasteiger partial charge is 0.0725 e. The fraction of sp³-hybridized carbons (Fsp3) is 0.0164. The minimum atomic E-state index is -0.359. The Kier molecular flexibility index (Phi) is 8.06. The Labute approximate surface area is 371 Å². The minimum absolute atomic E-state index is 0.359. The zero-order chi connectivity index (χ0) is 41.5. The third-order valence-corrected chi connectivity index (χ3v) is 14.6. The normalized spacial score (nSPS) is 12.9. The van der Waals surface area contributed by atoms with Gasteiger partial charge in [0.15, 0.2) is 0 Å². The molecule has 10 aromatic carbocycles. The van der Waals surface area contributed by atoms with Crippen molar-refractivity contribution in [3.63, 3.8) is 0 Å². The Morgan fingerprint density at radius 3 is 1.52 bits per heavy atom. The molecule has 0 bridgehead atoms. The second kappa shape index (κ2) is 14.1. The van der Waals surface area contributed by atoms with Crippen LogP contribution in [0.25, 0.3) is 75.8 Å². The van der Waals surface area contributed by atoms with Gasteiger partial charge in [-0.3, -0.25) is 0 Å². The molecule has 0 saturated heterocycles. The summed E-state index contributed by atoms with van der Waals surface area (Å²) in [4.78, 5) is 2.45. The number of benzene rings is 10. The maximum absolute atomic E-state index is 2.45. The summed E-state index contributed by atoms with van der Waals surface area (Å²) in [6.07, 6.45) is 0. The summed E-state index contributed by atoms with van der Waals surface area (Å²) in [6, 6.07) is 87.7. The van der Waals surface area contributed by atoms with E-state index in [-0.39, 0.29) is 5.41 Å². The monoisotopic (exact) mass is 817 g/mol. The number of nitrogens with zero attached hydrogens (tertiary/aromatic N) is 1. The maximum atomic E-state index is 2.45. The lowest BCUT2D eigenvalue weighted by Gasteiger charge is -2.30. The Bertz CT molecular complexity index is 3550. The van der Waals surface area contributed by atoms with Gasteiger partial charge in [0.25, 0.3) is 0 Å². The third-order valence-electron chi connectivity index (χ3n) is 13.5. The molecule has 0 radical (unpaired) electrons. The topological polar surface area (TPSA) is 3.24 Å². The van der Waals surface area contributed by atoms with Crippen LogP contribution in [0.15, 0.2) is 237 Å². The molecule has 63 heavy (non-hydrogen) atoms. The second-order valence-electron chi connectivity index (χ2n) is 16.7. The first-order valence-electron chi connectivity index (χ1n) is 21.8. The van der Waals surface area contributed by atoms with Crippen molar-refractivity contribution in [1.82, 2.24) is 0 Å². The van der Waals surface area contributed by atoms with E-state index in [0.29, 0.717) is 0 Å². The van der Waals surface area contributed by atoms with Crippen molar-refractivity contribution in [3.8, 4) is 55.6 Å². The molecule has 1 nitrogen and oxygen atoms in total. The van der Waals surface area contributed by atoms with Gasteiger partial charge < -0.3 is 4.90 Å². The van der Waals surface area contributed by atoms with E-state index in [9.17, 15) is 0 Å². The second-order valence-corrected chi connectivity index (χ2v) is 17.8. The van der Waals surface area contributed by atoms with Crippen LogP contribution in [-0.2, 0) is 5.41 Å². The van der Waals surface area contributed by atoms with Crippen LogP contribution in [0.5, 0.6) is 0 Å². The van der Waals surface area contributed by atoms with Crippen molar-refractivity contribution in [3.05, 3.63) is 259 Å². The highest BCUT2D eigenvalue weighted by Gasteiger charge is 2.51. The van der Waals surface area contributed by atoms with Crippen molar-refractivity contribution in [2.75, 3.05) is 4.90 Å². The first kappa shape index (κ1) is 35.9. The summed E-state index contributed by atoms with van der Waals surface area (Å²) < 4.78 is 2.62. The fourth-order valence-electron chi connectivity index (χ4n) is 10.9. The SMILES string of the molecule is c1ccc(-c2ccccc2N(c2cccc(-c3ccc4c(c3)-c3ccccc3C43c4ccccc4-c4ccccc43)c2)c2cccc(-c3cccc4sc5ccccc5c34)c2)cc1. The Hall–Kier alpha value is -7.78. The van der Waals surface area contributed by atoms with Crippen LogP contribution in [0.1, 0.15) is 22.3 Å². The molecule has 1 heterocycles. The van der Waals surface area contributed by atoms with Crippen LogP contribution in [0.2, 0.25) is 0 Å². The van der Waals surface area contributed by atoms with E-state index in [2.05, 4.69) is 241 Å². The summed E-state index contributed by atoms with van der Waals surface area (Å²) in [6.45, 7) is 0. The number of anilines is 3. The first-order chi connectivity index (χ1) is 31.3. The van der Waals surface area contributed by atoms with Crippen molar-refractivity contribution < 1.29 is 0 Å². The van der Waals surface area contributed by atoms with E-state index in [1.807, 2.05) is 11.3 Å². The third kappa shape index (κ3) is 5.35. The molecule has 0 aliphatic heterocycles. The molecule has 11 aromatic rings. The molecule has 0 atom stereocenters. The largest absolute Gasteiger partial charge is 0.310 e. The van der Waals surface area contributed by atoms with Gasteiger partial charge in [-0.25, -0.2) is 0 Å². The summed E-state index contributed by atoms with van der Waals surface area (Å²) in [5, 5.41) is 2.62.